The average molecular weight is 177 g/mol. The van der Waals surface area contributed by atoms with Crippen molar-refractivity contribution in [2.75, 3.05) is 0 Å². The lowest BCUT2D eigenvalue weighted by molar-refractivity contribution is 0.883. The van der Waals surface area contributed by atoms with Crippen LogP contribution in [-0.4, -0.2) is 15.4 Å². The SMILES string of the molecule is PPPc1ccnnn1. The number of nitrogens with zero attached hydrogens (tertiary/aromatic N) is 3. The molecule has 0 aliphatic carbocycles. The lowest BCUT2D eigenvalue weighted by atomic mass is 10.7. The van der Waals surface area contributed by atoms with Gasteiger partial charge in [0.15, 0.2) is 0 Å². The van der Waals surface area contributed by atoms with E-state index in [0.29, 0.717) is 0 Å². The molecule has 0 amide bonds. The Morgan fingerprint density at radius 3 is 3.00 bits per heavy atom. The van der Waals surface area contributed by atoms with Gasteiger partial charge in [-0.15, -0.1) is 19.1 Å². The van der Waals surface area contributed by atoms with Gasteiger partial charge in [-0.2, -0.15) is 0 Å². The molecule has 0 spiro atoms. The summed E-state index contributed by atoms with van der Waals surface area (Å²) in [5.41, 5.74) is 1.04. The molecule has 6 heteroatoms. The Kier molecular flexibility index (Phi) is 3.43. The van der Waals surface area contributed by atoms with Crippen LogP contribution in [0, 0.1) is 0 Å². The minimum absolute atomic E-state index is 0.764. The second-order valence-corrected chi connectivity index (χ2v) is 6.54. The van der Waals surface area contributed by atoms with E-state index in [2.05, 4.69) is 24.3 Å². The monoisotopic (exact) mass is 177 g/mol. The molecular weight excluding hydrogens is 171 g/mol. The molecule has 0 saturated heterocycles. The molecule has 3 nitrogen and oxygen atoms in total. The first kappa shape index (κ1) is 7.41. The smallest absolute Gasteiger partial charge is 0.0904 e. The van der Waals surface area contributed by atoms with Gasteiger partial charge in [0.1, 0.15) is 0 Å². The molecule has 0 bridgehead atoms. The molecule has 1 heterocycles. The van der Waals surface area contributed by atoms with Crippen molar-refractivity contribution in [1.29, 1.82) is 0 Å². The maximum absolute atomic E-state index is 3.81. The van der Waals surface area contributed by atoms with Crippen molar-refractivity contribution in [1.82, 2.24) is 15.4 Å². The van der Waals surface area contributed by atoms with Crippen LogP contribution in [0.25, 0.3) is 0 Å². The number of rotatable bonds is 2. The lowest BCUT2D eigenvalue weighted by Gasteiger charge is -1.90. The number of aromatic nitrogens is 3. The molecule has 0 aliphatic heterocycles. The first-order valence-corrected chi connectivity index (χ1v) is 7.10. The predicted molar refractivity (Wildman–Crippen MR) is 45.8 cm³/mol. The number of hydrogen-bond donors (Lipinski definition) is 0. The van der Waals surface area contributed by atoms with E-state index in [1.165, 1.54) is 0 Å². The third-order valence-electron chi connectivity index (χ3n) is 0.703. The van der Waals surface area contributed by atoms with Crippen molar-refractivity contribution in [3.63, 3.8) is 0 Å². The second-order valence-electron chi connectivity index (χ2n) is 1.28. The van der Waals surface area contributed by atoms with Gasteiger partial charge in [-0.25, -0.2) is 0 Å². The van der Waals surface area contributed by atoms with Gasteiger partial charge in [-0.1, -0.05) is 7.96 Å². The van der Waals surface area contributed by atoms with E-state index >= 15 is 0 Å². The van der Waals surface area contributed by atoms with Crippen LogP contribution in [0.1, 0.15) is 0 Å². The highest BCUT2D eigenvalue weighted by Crippen LogP contribution is 2.41. The van der Waals surface area contributed by atoms with Gasteiger partial charge < -0.3 is 0 Å². The fourth-order valence-electron chi connectivity index (χ4n) is 0.382. The molecule has 0 radical (unpaired) electrons. The van der Waals surface area contributed by atoms with Crippen molar-refractivity contribution in [3.8, 4) is 0 Å². The van der Waals surface area contributed by atoms with Crippen molar-refractivity contribution in [2.24, 2.45) is 0 Å². The van der Waals surface area contributed by atoms with Crippen LogP contribution in [0.15, 0.2) is 12.3 Å². The van der Waals surface area contributed by atoms with Crippen molar-refractivity contribution < 1.29 is 0 Å². The van der Waals surface area contributed by atoms with Gasteiger partial charge in [0.2, 0.25) is 0 Å². The highest BCUT2D eigenvalue weighted by molar-refractivity contribution is 8.40. The van der Waals surface area contributed by atoms with Crippen LogP contribution in [0.3, 0.4) is 0 Å². The van der Waals surface area contributed by atoms with Gasteiger partial charge in [0, 0.05) is 0 Å². The van der Waals surface area contributed by atoms with Gasteiger partial charge in [0.05, 0.1) is 11.6 Å². The molecule has 1 aromatic rings. The fraction of sp³-hybridized carbons (Fsp3) is 0. The largest absolute Gasteiger partial charge is 0.139 e. The Morgan fingerprint density at radius 1 is 1.56 bits per heavy atom. The Morgan fingerprint density at radius 2 is 2.44 bits per heavy atom. The van der Waals surface area contributed by atoms with Gasteiger partial charge in [0.25, 0.3) is 0 Å². The predicted octanol–water partition coefficient (Wildman–Crippen LogP) is 0.559. The van der Waals surface area contributed by atoms with Crippen molar-refractivity contribution in [3.05, 3.63) is 12.3 Å². The zero-order valence-corrected chi connectivity index (χ0v) is 7.73. The van der Waals surface area contributed by atoms with Crippen molar-refractivity contribution in [2.45, 2.75) is 0 Å². The maximum Gasteiger partial charge on any atom is 0.0904 e. The zero-order chi connectivity index (χ0) is 6.53. The Hall–Kier alpha value is 0.300. The minimum Gasteiger partial charge on any atom is -0.139 e. The van der Waals surface area contributed by atoms with Gasteiger partial charge >= 0.3 is 0 Å². The normalized spacial score (nSPS) is 12.1. The summed E-state index contributed by atoms with van der Waals surface area (Å²) in [6.07, 6.45) is 1.67. The summed E-state index contributed by atoms with van der Waals surface area (Å²) < 4.78 is 0. The van der Waals surface area contributed by atoms with Gasteiger partial charge in [-0.3, -0.25) is 0 Å². The Labute approximate surface area is 59.0 Å². The molecule has 3 unspecified atom stereocenters. The second kappa shape index (κ2) is 4.17. The van der Waals surface area contributed by atoms with E-state index in [9.17, 15) is 0 Å². The standard InChI is InChI=1S/C3H6N3P3/c7-9-8-3-1-2-4-6-5-3/h1-2,8-9H,7H2. The zero-order valence-electron chi connectivity index (χ0n) is 4.57. The first-order valence-electron chi connectivity index (χ1n) is 2.29. The van der Waals surface area contributed by atoms with Crippen LogP contribution in [0.4, 0.5) is 0 Å². The fourth-order valence-corrected chi connectivity index (χ4v) is 2.96. The average Bonchev–Trinajstić information content (AvgIpc) is 1.91. The highest BCUT2D eigenvalue weighted by Gasteiger charge is 1.88. The molecule has 0 saturated carbocycles. The molecule has 1 aromatic heterocycles. The third-order valence-corrected chi connectivity index (χ3v) is 3.87. The molecule has 3 atom stereocenters. The summed E-state index contributed by atoms with van der Waals surface area (Å²) in [6, 6.07) is 1.89. The number of hydrogen-bond acceptors (Lipinski definition) is 3. The molecular formula is C3H6N3P3. The molecule has 48 valence electrons. The summed E-state index contributed by atoms with van der Waals surface area (Å²) in [5, 5.41) is 10.9. The molecule has 0 N–H and O–H groups in total. The third kappa shape index (κ3) is 2.58. The maximum atomic E-state index is 3.81. The van der Waals surface area contributed by atoms with Crippen LogP contribution in [0.5, 0.6) is 0 Å². The van der Waals surface area contributed by atoms with E-state index in [1.807, 2.05) is 6.07 Å². The van der Waals surface area contributed by atoms with E-state index in [1.54, 1.807) is 6.20 Å². The van der Waals surface area contributed by atoms with Crippen LogP contribution in [-0.2, 0) is 0 Å². The van der Waals surface area contributed by atoms with E-state index in [-0.39, 0.29) is 0 Å². The van der Waals surface area contributed by atoms with Gasteiger partial charge in [-0.05, 0) is 19.5 Å². The lowest BCUT2D eigenvalue weighted by Crippen LogP contribution is -2.01. The molecule has 0 aliphatic rings. The summed E-state index contributed by atoms with van der Waals surface area (Å²) >= 11 is 0. The first-order chi connectivity index (χ1) is 4.43. The highest BCUT2D eigenvalue weighted by atomic mass is 32.4. The molecule has 1 rings (SSSR count). The van der Waals surface area contributed by atoms with Crippen LogP contribution >= 0.6 is 25.2 Å². The summed E-state index contributed by atoms with van der Waals surface area (Å²) in [5.74, 6) is 0. The minimum atomic E-state index is 0.764. The van der Waals surface area contributed by atoms with E-state index in [0.717, 1.165) is 21.7 Å². The topological polar surface area (TPSA) is 38.7 Å². The summed E-state index contributed by atoms with van der Waals surface area (Å²) in [7, 11) is 4.29. The molecule has 9 heavy (non-hydrogen) atoms. The van der Waals surface area contributed by atoms with Crippen LogP contribution in [0.2, 0.25) is 0 Å². The Bertz CT molecular complexity index is 167. The molecule has 0 aromatic carbocycles. The van der Waals surface area contributed by atoms with E-state index in [4.69, 9.17) is 0 Å². The quantitative estimate of drug-likeness (QED) is 0.619. The van der Waals surface area contributed by atoms with Crippen molar-refractivity contribution >= 4 is 30.6 Å². The van der Waals surface area contributed by atoms with Crippen LogP contribution < -0.4 is 5.44 Å². The summed E-state index contributed by atoms with van der Waals surface area (Å²) in [6.45, 7) is 0. The van der Waals surface area contributed by atoms with E-state index < -0.39 is 0 Å². The molecule has 0 fully saturated rings. The summed E-state index contributed by atoms with van der Waals surface area (Å²) in [4.78, 5) is 0. The Balaban J connectivity index is 2.61.